The summed E-state index contributed by atoms with van der Waals surface area (Å²) in [7, 11) is -1.70. The first-order valence-electron chi connectivity index (χ1n) is 20.7. The number of nitrogens with zero attached hydrogens (tertiary/aromatic N) is 1. The average molecular weight is 767 g/mol. The summed E-state index contributed by atoms with van der Waals surface area (Å²) in [5, 5.41) is 14.6. The summed E-state index contributed by atoms with van der Waals surface area (Å²) < 4.78 is 2.46. The summed E-state index contributed by atoms with van der Waals surface area (Å²) in [6, 6.07) is 66.4. The third kappa shape index (κ3) is 4.29. The highest BCUT2D eigenvalue weighted by atomic mass is 31.1. The molecular weight excluding hydrogens is 732 g/mol. The van der Waals surface area contributed by atoms with E-state index >= 15 is 0 Å². The molecule has 1 aromatic heterocycles. The van der Waals surface area contributed by atoms with Crippen molar-refractivity contribution in [1.29, 1.82) is 5.16 Å². The van der Waals surface area contributed by atoms with E-state index in [9.17, 15) is 5.16 Å². The minimum atomic E-state index is -1.70. The van der Waals surface area contributed by atoms with Gasteiger partial charge in [0.2, 0.25) is 0 Å². The van der Waals surface area contributed by atoms with Crippen LogP contribution in [0.1, 0.15) is 22.3 Å². The lowest BCUT2D eigenvalue weighted by atomic mass is 9.77. The van der Waals surface area contributed by atoms with Crippen LogP contribution < -0.4 is 10.6 Å². The number of para-hydroxylation sites is 2. The summed E-state index contributed by atoms with van der Waals surface area (Å²) in [6.45, 7) is 0. The third-order valence-electron chi connectivity index (χ3n) is 13.8. The zero-order valence-electron chi connectivity index (χ0n) is 32.1. The molecule has 0 amide bonds. The molecule has 0 radical (unpaired) electrons. The maximum absolute atomic E-state index is 9.70. The monoisotopic (exact) mass is 766 g/mol. The maximum Gasteiger partial charge on any atom is 0.0547 e. The van der Waals surface area contributed by atoms with Crippen LogP contribution in [0.5, 0.6) is 0 Å². The van der Waals surface area contributed by atoms with E-state index in [0.29, 0.717) is 0 Å². The van der Waals surface area contributed by atoms with Gasteiger partial charge in [-0.15, -0.1) is 0 Å². The molecule has 4 aliphatic rings. The highest BCUT2D eigenvalue weighted by molar-refractivity contribution is 7.64. The quantitative estimate of drug-likeness (QED) is 0.161. The van der Waals surface area contributed by atoms with Crippen molar-refractivity contribution in [1.82, 2.24) is 4.57 Å². The standard InChI is InChI=1S/C56H35N2P/c57-59-55-21-11-9-19-40(55)52-29-48-47-28-51-39-18-8-10-20-53(39)58(36-14-2-1-3-15-36)54(51)30-49(47)43-24-34-22-32-12-4-6-16-37(32)41(34)26-45(43)46-27-42-35(23-33-13-5-7-17-38(33)42)25-44(46)50(48)31-56(52)59/h1-21,24-31,57,59H,22-23H2. The molecule has 0 spiro atoms. The molecule has 3 aliphatic carbocycles. The van der Waals surface area contributed by atoms with Gasteiger partial charge in [-0.1, -0.05) is 109 Å². The molecule has 3 heteroatoms. The Morgan fingerprint density at radius 1 is 0.322 bits per heavy atom. The van der Waals surface area contributed by atoms with Crippen LogP contribution in [0.15, 0.2) is 176 Å². The summed E-state index contributed by atoms with van der Waals surface area (Å²) in [4.78, 5) is 0. The van der Waals surface area contributed by atoms with Gasteiger partial charge in [0.15, 0.2) is 0 Å². The molecule has 1 unspecified atom stereocenters. The first-order valence-corrected chi connectivity index (χ1v) is 22.2. The minimum Gasteiger partial charge on any atom is -0.312 e. The Morgan fingerprint density at radius 2 is 0.831 bits per heavy atom. The van der Waals surface area contributed by atoms with Crippen molar-refractivity contribution in [3.63, 3.8) is 0 Å². The Labute approximate surface area is 343 Å². The molecule has 1 aliphatic heterocycles. The normalized spacial score (nSPS) is 14.5. The van der Waals surface area contributed by atoms with Crippen molar-refractivity contribution in [3.05, 3.63) is 198 Å². The topological polar surface area (TPSA) is 28.8 Å². The van der Waals surface area contributed by atoms with Gasteiger partial charge in [-0.2, -0.15) is 0 Å². The van der Waals surface area contributed by atoms with Crippen LogP contribution in [-0.2, 0) is 12.8 Å². The van der Waals surface area contributed by atoms with Gasteiger partial charge in [0, 0.05) is 34.8 Å². The molecular formula is C56H35N2P. The zero-order valence-corrected chi connectivity index (χ0v) is 33.1. The molecule has 0 fully saturated rings. The lowest BCUT2D eigenvalue weighted by Gasteiger charge is -2.26. The van der Waals surface area contributed by atoms with Crippen LogP contribution >= 0.6 is 7.71 Å². The Balaban J connectivity index is 1.17. The minimum absolute atomic E-state index is 0.929. The summed E-state index contributed by atoms with van der Waals surface area (Å²) in [6.07, 6.45) is 1.86. The molecule has 1 atom stereocenters. The number of benzene rings is 9. The summed E-state index contributed by atoms with van der Waals surface area (Å²) >= 11 is 0. The average Bonchev–Trinajstić information content (AvgIpc) is 4.01. The highest BCUT2D eigenvalue weighted by Gasteiger charge is 2.33. The van der Waals surface area contributed by atoms with Crippen molar-refractivity contribution in [2.45, 2.75) is 12.8 Å². The fourth-order valence-corrected chi connectivity index (χ4v) is 12.9. The first kappa shape index (κ1) is 32.0. The maximum atomic E-state index is 9.70. The van der Waals surface area contributed by atoms with E-state index in [4.69, 9.17) is 0 Å². The Hall–Kier alpha value is -6.99. The van der Waals surface area contributed by atoms with E-state index in [-0.39, 0.29) is 0 Å². The fraction of sp³-hybridized carbons (Fsp3) is 0.0357. The van der Waals surface area contributed by atoms with Gasteiger partial charge in [-0.3, -0.25) is 0 Å². The number of hydrogen-bond donors (Lipinski definition) is 1. The molecule has 0 saturated carbocycles. The Bertz CT molecular complexity index is 3570. The van der Waals surface area contributed by atoms with Crippen molar-refractivity contribution < 1.29 is 0 Å². The van der Waals surface area contributed by atoms with Crippen molar-refractivity contribution in [2.24, 2.45) is 0 Å². The highest BCUT2D eigenvalue weighted by Crippen LogP contribution is 2.55. The van der Waals surface area contributed by atoms with E-state index < -0.39 is 7.71 Å². The van der Waals surface area contributed by atoms with Crippen LogP contribution in [0.3, 0.4) is 0 Å². The first-order chi connectivity index (χ1) is 29.2. The van der Waals surface area contributed by atoms with Crippen LogP contribution in [-0.4, -0.2) is 4.57 Å². The third-order valence-corrected chi connectivity index (χ3v) is 15.7. The van der Waals surface area contributed by atoms with Crippen LogP contribution in [0.4, 0.5) is 0 Å². The summed E-state index contributed by atoms with van der Waals surface area (Å²) in [5.41, 5.74) is 27.0. The second-order valence-corrected chi connectivity index (χ2v) is 18.6. The van der Waals surface area contributed by atoms with Crippen LogP contribution in [0, 0.1) is 5.16 Å². The number of aromatic nitrogens is 1. The van der Waals surface area contributed by atoms with E-state index in [1.807, 2.05) is 0 Å². The second kappa shape index (κ2) is 11.6. The second-order valence-electron chi connectivity index (χ2n) is 16.7. The lowest BCUT2D eigenvalue weighted by molar-refractivity contribution is 1.18. The molecule has 9 aromatic carbocycles. The zero-order chi connectivity index (χ0) is 38.5. The molecule has 0 saturated heterocycles. The van der Waals surface area contributed by atoms with Gasteiger partial charge in [0.05, 0.1) is 11.0 Å². The SMILES string of the molecule is N=[PH]1c2ccccc2-c2cc3c(cc21)-c1cc2c(cc1-c1cc4c(cc1-c1cc5c(cc1-3)c1ccccc1n5-c1ccccc1)Cc1ccccc1-4)-c1ccccc1C2. The Morgan fingerprint density at radius 3 is 1.53 bits per heavy atom. The predicted molar refractivity (Wildman–Crippen MR) is 248 cm³/mol. The number of hydrogen-bond acceptors (Lipinski definition) is 1. The largest absolute Gasteiger partial charge is 0.312 e. The molecule has 2 heterocycles. The molecule has 274 valence electrons. The predicted octanol–water partition coefficient (Wildman–Crippen LogP) is 13.8. The number of fused-ring (bicyclic) bond motifs is 20. The van der Waals surface area contributed by atoms with Crippen LogP contribution in [0.2, 0.25) is 0 Å². The molecule has 59 heavy (non-hydrogen) atoms. The Kier molecular flexibility index (Phi) is 6.28. The van der Waals surface area contributed by atoms with Crippen molar-refractivity contribution in [2.75, 3.05) is 0 Å². The lowest BCUT2D eigenvalue weighted by Crippen LogP contribution is -2.05. The van der Waals surface area contributed by atoms with E-state index in [1.54, 1.807) is 0 Å². The molecule has 1 N–H and O–H groups in total. The smallest absolute Gasteiger partial charge is 0.0547 e. The van der Waals surface area contributed by atoms with Gasteiger partial charge in [0.1, 0.15) is 0 Å². The van der Waals surface area contributed by atoms with E-state index in [2.05, 4.69) is 180 Å². The van der Waals surface area contributed by atoms with Crippen molar-refractivity contribution >= 4 is 40.1 Å². The van der Waals surface area contributed by atoms with E-state index in [0.717, 1.165) is 18.5 Å². The summed E-state index contributed by atoms with van der Waals surface area (Å²) in [5.74, 6) is 0. The van der Waals surface area contributed by atoms with E-state index in [1.165, 1.54) is 133 Å². The molecule has 0 bridgehead atoms. The molecule has 10 aromatic rings. The van der Waals surface area contributed by atoms with Gasteiger partial charge in [-0.05, 0) is 180 Å². The van der Waals surface area contributed by atoms with Crippen LogP contribution in [0.25, 0.3) is 105 Å². The van der Waals surface area contributed by atoms with Crippen molar-refractivity contribution in [3.8, 4) is 83.6 Å². The number of nitrogens with one attached hydrogen (secondary N) is 1. The molecule has 14 rings (SSSR count). The number of rotatable bonds is 1. The van der Waals surface area contributed by atoms with Gasteiger partial charge in [-0.25, -0.2) is 0 Å². The van der Waals surface area contributed by atoms with Gasteiger partial charge >= 0.3 is 0 Å². The molecule has 2 nitrogen and oxygen atoms in total. The van der Waals surface area contributed by atoms with Gasteiger partial charge in [0.25, 0.3) is 0 Å². The fourth-order valence-electron chi connectivity index (χ4n) is 11.1. The van der Waals surface area contributed by atoms with Gasteiger partial charge < -0.3 is 9.73 Å².